The van der Waals surface area contributed by atoms with E-state index in [9.17, 15) is 0 Å². The number of rotatable bonds is 4. The van der Waals surface area contributed by atoms with Gasteiger partial charge >= 0.3 is 0 Å². The van der Waals surface area contributed by atoms with E-state index in [0.717, 1.165) is 24.5 Å². The average molecular weight is 207 g/mol. The van der Waals surface area contributed by atoms with Crippen LogP contribution in [-0.4, -0.2) is 16.6 Å². The Labute approximate surface area is 89.9 Å². The molecule has 0 aromatic carbocycles. The van der Waals surface area contributed by atoms with Crippen LogP contribution < -0.4 is 10.5 Å². The lowest BCUT2D eigenvalue weighted by Crippen LogP contribution is -2.15. The fourth-order valence-electron chi connectivity index (χ4n) is 1.70. The summed E-state index contributed by atoms with van der Waals surface area (Å²) in [5.41, 5.74) is 6.50. The van der Waals surface area contributed by atoms with Gasteiger partial charge in [0.1, 0.15) is 12.1 Å². The Hall–Kier alpha value is -1.32. The van der Waals surface area contributed by atoms with E-state index in [-0.39, 0.29) is 0 Å². The number of nitrogen functional groups attached to an aromatic ring is 1. The lowest BCUT2D eigenvalue weighted by Gasteiger charge is -2.24. The van der Waals surface area contributed by atoms with Crippen LogP contribution in [0.15, 0.2) is 6.33 Å². The molecule has 0 radical (unpaired) electrons. The molecule has 0 bridgehead atoms. The van der Waals surface area contributed by atoms with E-state index in [1.165, 1.54) is 25.6 Å². The minimum atomic E-state index is 0.503. The number of anilines is 1. The first-order valence-corrected chi connectivity index (χ1v) is 5.47. The number of aromatic nitrogens is 2. The Kier molecular flexibility index (Phi) is 3.04. The van der Waals surface area contributed by atoms with Gasteiger partial charge < -0.3 is 10.5 Å². The fraction of sp³-hybridized carbons (Fsp3) is 0.636. The molecule has 0 unspecified atom stereocenters. The van der Waals surface area contributed by atoms with Gasteiger partial charge in [-0.2, -0.15) is 0 Å². The van der Waals surface area contributed by atoms with E-state index in [4.69, 9.17) is 10.5 Å². The van der Waals surface area contributed by atoms with Crippen LogP contribution in [0.2, 0.25) is 0 Å². The van der Waals surface area contributed by atoms with E-state index in [2.05, 4.69) is 9.97 Å². The number of nitrogens with two attached hydrogens (primary N) is 1. The van der Waals surface area contributed by atoms with Crippen molar-refractivity contribution in [2.75, 3.05) is 12.3 Å². The second-order valence-corrected chi connectivity index (χ2v) is 4.12. The first kappa shape index (κ1) is 10.2. The summed E-state index contributed by atoms with van der Waals surface area (Å²) >= 11 is 0. The van der Waals surface area contributed by atoms with Gasteiger partial charge in [-0.15, -0.1) is 0 Å². The quantitative estimate of drug-likeness (QED) is 0.819. The van der Waals surface area contributed by atoms with E-state index < -0.39 is 0 Å². The summed E-state index contributed by atoms with van der Waals surface area (Å²) < 4.78 is 5.59. The van der Waals surface area contributed by atoms with Gasteiger partial charge in [-0.05, 0) is 19.3 Å². The maximum absolute atomic E-state index is 5.66. The summed E-state index contributed by atoms with van der Waals surface area (Å²) in [6, 6.07) is 0. The normalized spacial score (nSPS) is 16.1. The van der Waals surface area contributed by atoms with Gasteiger partial charge in [0.2, 0.25) is 5.88 Å². The van der Waals surface area contributed by atoms with Crippen molar-refractivity contribution in [1.29, 1.82) is 0 Å². The standard InChI is InChI=1S/C11H17N3O/c1-8-10(12)13-7-14-11(8)15-6-5-9-3-2-4-9/h7,9H,2-6H2,1H3,(H2,12,13,14). The van der Waals surface area contributed by atoms with Crippen LogP contribution in [0.4, 0.5) is 5.82 Å². The maximum Gasteiger partial charge on any atom is 0.221 e. The third-order valence-corrected chi connectivity index (χ3v) is 3.07. The van der Waals surface area contributed by atoms with Crippen LogP contribution in [0.5, 0.6) is 5.88 Å². The van der Waals surface area contributed by atoms with E-state index in [1.54, 1.807) is 0 Å². The highest BCUT2D eigenvalue weighted by molar-refractivity contribution is 5.42. The number of ether oxygens (including phenoxy) is 1. The van der Waals surface area contributed by atoms with Crippen molar-refractivity contribution in [2.45, 2.75) is 32.6 Å². The van der Waals surface area contributed by atoms with Gasteiger partial charge in [0.15, 0.2) is 0 Å². The van der Waals surface area contributed by atoms with Crippen LogP contribution in [0.3, 0.4) is 0 Å². The summed E-state index contributed by atoms with van der Waals surface area (Å²) in [7, 11) is 0. The zero-order valence-corrected chi connectivity index (χ0v) is 9.07. The Bertz CT molecular complexity index is 337. The van der Waals surface area contributed by atoms with Crippen molar-refractivity contribution in [3.63, 3.8) is 0 Å². The van der Waals surface area contributed by atoms with Crippen molar-refractivity contribution in [2.24, 2.45) is 5.92 Å². The van der Waals surface area contributed by atoms with Gasteiger partial charge in [-0.3, -0.25) is 0 Å². The van der Waals surface area contributed by atoms with E-state index in [0.29, 0.717) is 11.7 Å². The van der Waals surface area contributed by atoms with Gasteiger partial charge in [-0.25, -0.2) is 9.97 Å². The summed E-state index contributed by atoms with van der Waals surface area (Å²) in [5.74, 6) is 2.00. The van der Waals surface area contributed by atoms with Crippen LogP contribution >= 0.6 is 0 Å². The molecule has 1 saturated carbocycles. The molecule has 1 aromatic rings. The topological polar surface area (TPSA) is 61.0 Å². The van der Waals surface area contributed by atoms with Gasteiger partial charge in [0, 0.05) is 0 Å². The molecule has 0 atom stereocenters. The van der Waals surface area contributed by atoms with Gasteiger partial charge in [0.25, 0.3) is 0 Å². The third-order valence-electron chi connectivity index (χ3n) is 3.07. The van der Waals surface area contributed by atoms with E-state index >= 15 is 0 Å². The van der Waals surface area contributed by atoms with Gasteiger partial charge in [0.05, 0.1) is 12.2 Å². The molecular weight excluding hydrogens is 190 g/mol. The van der Waals surface area contributed by atoms with Crippen LogP contribution in [0, 0.1) is 12.8 Å². The fourth-order valence-corrected chi connectivity index (χ4v) is 1.70. The molecule has 0 aliphatic heterocycles. The Balaban J connectivity index is 1.84. The predicted octanol–water partition coefficient (Wildman–Crippen LogP) is 1.94. The van der Waals surface area contributed by atoms with Crippen molar-refractivity contribution >= 4 is 5.82 Å². The Morgan fingerprint density at radius 3 is 2.93 bits per heavy atom. The summed E-state index contributed by atoms with van der Waals surface area (Å²) in [5, 5.41) is 0. The molecule has 1 heterocycles. The molecule has 0 saturated heterocycles. The summed E-state index contributed by atoms with van der Waals surface area (Å²) in [4.78, 5) is 7.96. The average Bonchev–Trinajstić information content (AvgIpc) is 2.16. The SMILES string of the molecule is Cc1c(N)ncnc1OCCC1CCC1. The minimum absolute atomic E-state index is 0.503. The highest BCUT2D eigenvalue weighted by Gasteiger charge is 2.17. The Morgan fingerprint density at radius 1 is 1.47 bits per heavy atom. The summed E-state index contributed by atoms with van der Waals surface area (Å²) in [6.07, 6.45) is 6.66. The van der Waals surface area contributed by atoms with Crippen LogP contribution in [0.25, 0.3) is 0 Å². The molecule has 15 heavy (non-hydrogen) atoms. The van der Waals surface area contributed by atoms with E-state index in [1.807, 2.05) is 6.92 Å². The van der Waals surface area contributed by atoms with Crippen molar-refractivity contribution in [3.8, 4) is 5.88 Å². The zero-order chi connectivity index (χ0) is 10.7. The number of hydrogen-bond acceptors (Lipinski definition) is 4. The highest BCUT2D eigenvalue weighted by atomic mass is 16.5. The molecular formula is C11H17N3O. The molecule has 1 aromatic heterocycles. The smallest absolute Gasteiger partial charge is 0.221 e. The highest BCUT2D eigenvalue weighted by Crippen LogP contribution is 2.29. The predicted molar refractivity (Wildman–Crippen MR) is 58.6 cm³/mol. The molecule has 4 heteroatoms. The molecule has 82 valence electrons. The number of nitrogens with zero attached hydrogens (tertiary/aromatic N) is 2. The van der Waals surface area contributed by atoms with Gasteiger partial charge in [-0.1, -0.05) is 19.3 Å². The molecule has 1 aliphatic rings. The first-order chi connectivity index (χ1) is 7.27. The molecule has 1 fully saturated rings. The molecule has 0 spiro atoms. The lowest BCUT2D eigenvalue weighted by atomic mass is 9.83. The first-order valence-electron chi connectivity index (χ1n) is 5.47. The largest absolute Gasteiger partial charge is 0.477 e. The molecule has 2 rings (SSSR count). The third kappa shape index (κ3) is 2.37. The monoisotopic (exact) mass is 207 g/mol. The number of hydrogen-bond donors (Lipinski definition) is 1. The zero-order valence-electron chi connectivity index (χ0n) is 9.07. The van der Waals surface area contributed by atoms with Crippen LogP contribution in [0.1, 0.15) is 31.2 Å². The Morgan fingerprint density at radius 2 is 2.27 bits per heavy atom. The maximum atomic E-state index is 5.66. The molecule has 4 nitrogen and oxygen atoms in total. The van der Waals surface area contributed by atoms with Crippen LogP contribution in [-0.2, 0) is 0 Å². The lowest BCUT2D eigenvalue weighted by molar-refractivity contribution is 0.216. The molecule has 1 aliphatic carbocycles. The van der Waals surface area contributed by atoms with Crippen molar-refractivity contribution < 1.29 is 4.74 Å². The molecule has 0 amide bonds. The summed E-state index contributed by atoms with van der Waals surface area (Å²) in [6.45, 7) is 2.62. The molecule has 2 N–H and O–H groups in total. The van der Waals surface area contributed by atoms with Crippen molar-refractivity contribution in [3.05, 3.63) is 11.9 Å². The second-order valence-electron chi connectivity index (χ2n) is 4.12. The second kappa shape index (κ2) is 4.47. The van der Waals surface area contributed by atoms with Crippen molar-refractivity contribution in [1.82, 2.24) is 9.97 Å². The minimum Gasteiger partial charge on any atom is -0.477 e.